The SMILES string of the molecule is C=CCOc1cccc2sc(C(N)=O)c(-c3nn[nH]n3)c12. The third kappa shape index (κ3) is 2.25. The zero-order valence-electron chi connectivity index (χ0n) is 10.9. The van der Waals surface area contributed by atoms with Gasteiger partial charge >= 0.3 is 0 Å². The Morgan fingerprint density at radius 2 is 2.38 bits per heavy atom. The van der Waals surface area contributed by atoms with E-state index in [0.717, 1.165) is 10.1 Å². The Bertz CT molecular complexity index is 809. The first kappa shape index (κ1) is 13.3. The van der Waals surface area contributed by atoms with E-state index in [1.54, 1.807) is 6.08 Å². The molecule has 1 amide bonds. The van der Waals surface area contributed by atoms with Crippen molar-refractivity contribution in [3.63, 3.8) is 0 Å². The van der Waals surface area contributed by atoms with Crippen LogP contribution in [-0.2, 0) is 0 Å². The highest BCUT2D eigenvalue weighted by Gasteiger charge is 2.23. The second-order valence-corrected chi connectivity index (χ2v) is 5.19. The number of hydrogen-bond acceptors (Lipinski definition) is 6. The lowest BCUT2D eigenvalue weighted by Crippen LogP contribution is -2.10. The molecule has 0 saturated carbocycles. The lowest BCUT2D eigenvalue weighted by Gasteiger charge is -2.06. The molecule has 8 heteroatoms. The lowest BCUT2D eigenvalue weighted by atomic mass is 10.1. The highest BCUT2D eigenvalue weighted by molar-refractivity contribution is 7.21. The van der Waals surface area contributed by atoms with Crippen LogP contribution in [0.1, 0.15) is 9.67 Å². The fourth-order valence-corrected chi connectivity index (χ4v) is 3.11. The third-order valence-corrected chi connectivity index (χ3v) is 4.00. The summed E-state index contributed by atoms with van der Waals surface area (Å²) in [5, 5.41) is 14.6. The molecule has 0 aliphatic carbocycles. The summed E-state index contributed by atoms with van der Waals surface area (Å²) in [5.41, 5.74) is 6.00. The van der Waals surface area contributed by atoms with Gasteiger partial charge in [-0.1, -0.05) is 18.7 Å². The highest BCUT2D eigenvalue weighted by atomic mass is 32.1. The van der Waals surface area contributed by atoms with Crippen LogP contribution in [0.2, 0.25) is 0 Å². The Morgan fingerprint density at radius 3 is 3.05 bits per heavy atom. The van der Waals surface area contributed by atoms with Crippen molar-refractivity contribution >= 4 is 27.3 Å². The summed E-state index contributed by atoms with van der Waals surface area (Å²) < 4.78 is 6.52. The zero-order valence-corrected chi connectivity index (χ0v) is 11.7. The first-order valence-corrected chi connectivity index (χ1v) is 6.87. The van der Waals surface area contributed by atoms with Crippen LogP contribution in [0.4, 0.5) is 0 Å². The van der Waals surface area contributed by atoms with E-state index in [0.29, 0.717) is 28.6 Å². The number of nitrogens with two attached hydrogens (primary N) is 1. The zero-order chi connectivity index (χ0) is 14.8. The van der Waals surface area contributed by atoms with Crippen LogP contribution in [-0.4, -0.2) is 33.1 Å². The average Bonchev–Trinajstić information content (AvgIpc) is 3.11. The van der Waals surface area contributed by atoms with Crippen LogP contribution in [0, 0.1) is 0 Å². The molecule has 0 aliphatic heterocycles. The normalized spacial score (nSPS) is 10.7. The fourth-order valence-electron chi connectivity index (χ4n) is 2.04. The van der Waals surface area contributed by atoms with Crippen molar-refractivity contribution in [3.8, 4) is 17.1 Å². The molecule has 21 heavy (non-hydrogen) atoms. The van der Waals surface area contributed by atoms with E-state index in [4.69, 9.17) is 10.5 Å². The third-order valence-electron chi connectivity index (χ3n) is 2.83. The standard InChI is InChI=1S/C13H11N5O2S/c1-2-6-20-7-4-3-5-8-9(7)10(11(21-8)12(14)19)13-15-17-18-16-13/h2-5H,1,6H2,(H2,14,19)(H,15,16,17,18). The van der Waals surface area contributed by atoms with Gasteiger partial charge < -0.3 is 10.5 Å². The van der Waals surface area contributed by atoms with Gasteiger partial charge in [0.1, 0.15) is 17.2 Å². The maximum atomic E-state index is 11.7. The topological polar surface area (TPSA) is 107 Å². The summed E-state index contributed by atoms with van der Waals surface area (Å²) in [7, 11) is 0. The van der Waals surface area contributed by atoms with Crippen molar-refractivity contribution in [1.82, 2.24) is 20.6 Å². The first-order valence-electron chi connectivity index (χ1n) is 6.05. The van der Waals surface area contributed by atoms with Crippen molar-refractivity contribution in [2.45, 2.75) is 0 Å². The summed E-state index contributed by atoms with van der Waals surface area (Å²) in [6.45, 7) is 3.98. The molecule has 2 heterocycles. The van der Waals surface area contributed by atoms with Crippen molar-refractivity contribution in [2.75, 3.05) is 6.61 Å². The Hall–Kier alpha value is -2.74. The van der Waals surface area contributed by atoms with Gasteiger partial charge in [0.25, 0.3) is 5.91 Å². The van der Waals surface area contributed by atoms with Crippen molar-refractivity contribution in [1.29, 1.82) is 0 Å². The number of hydrogen-bond donors (Lipinski definition) is 2. The van der Waals surface area contributed by atoms with E-state index >= 15 is 0 Å². The first-order chi connectivity index (χ1) is 10.2. The Labute approximate surface area is 123 Å². The predicted octanol–water partition coefficient (Wildman–Crippen LogP) is 1.75. The lowest BCUT2D eigenvalue weighted by molar-refractivity contribution is 0.100. The number of nitrogens with zero attached hydrogens (tertiary/aromatic N) is 3. The van der Waals surface area contributed by atoms with Crippen LogP contribution in [0.5, 0.6) is 5.75 Å². The monoisotopic (exact) mass is 301 g/mol. The molecule has 0 atom stereocenters. The largest absolute Gasteiger partial charge is 0.489 e. The minimum Gasteiger partial charge on any atom is -0.489 e. The molecule has 0 aliphatic rings. The quantitative estimate of drug-likeness (QED) is 0.698. The number of aromatic nitrogens is 4. The number of primary amides is 1. The second-order valence-electron chi connectivity index (χ2n) is 4.13. The maximum absolute atomic E-state index is 11.7. The molecule has 0 bridgehead atoms. The summed E-state index contributed by atoms with van der Waals surface area (Å²) in [6.07, 6.45) is 1.65. The van der Waals surface area contributed by atoms with E-state index < -0.39 is 5.91 Å². The van der Waals surface area contributed by atoms with Gasteiger partial charge in [-0.3, -0.25) is 4.79 Å². The van der Waals surface area contributed by atoms with Crippen LogP contribution < -0.4 is 10.5 Å². The van der Waals surface area contributed by atoms with Gasteiger partial charge in [0.05, 0.1) is 5.56 Å². The Balaban J connectivity index is 2.32. The van der Waals surface area contributed by atoms with Crippen LogP contribution in [0.25, 0.3) is 21.5 Å². The Kier molecular flexibility index (Phi) is 3.36. The van der Waals surface area contributed by atoms with Crippen molar-refractivity contribution in [2.24, 2.45) is 5.73 Å². The summed E-state index contributed by atoms with van der Waals surface area (Å²) in [5.74, 6) is 0.395. The van der Waals surface area contributed by atoms with E-state index in [-0.39, 0.29) is 0 Å². The number of H-pyrrole nitrogens is 1. The molecule has 3 rings (SSSR count). The van der Waals surface area contributed by atoms with Gasteiger partial charge in [0.15, 0.2) is 0 Å². The van der Waals surface area contributed by atoms with E-state index in [2.05, 4.69) is 27.2 Å². The van der Waals surface area contributed by atoms with Gasteiger partial charge in [-0.25, -0.2) is 0 Å². The van der Waals surface area contributed by atoms with Crippen molar-refractivity contribution < 1.29 is 9.53 Å². The maximum Gasteiger partial charge on any atom is 0.259 e. The number of carbonyl (C=O) groups is 1. The van der Waals surface area contributed by atoms with Crippen LogP contribution >= 0.6 is 11.3 Å². The summed E-state index contributed by atoms with van der Waals surface area (Å²) in [6, 6.07) is 5.55. The second kappa shape index (κ2) is 5.33. The van der Waals surface area contributed by atoms with Crippen LogP contribution in [0.3, 0.4) is 0 Å². The van der Waals surface area contributed by atoms with E-state index in [9.17, 15) is 4.79 Å². The number of ether oxygens (including phenoxy) is 1. The number of fused-ring (bicyclic) bond motifs is 1. The molecular formula is C13H11N5O2S. The minimum atomic E-state index is -0.536. The number of tetrazole rings is 1. The number of thiophene rings is 1. The number of nitrogens with one attached hydrogen (secondary N) is 1. The van der Waals surface area contributed by atoms with Crippen LogP contribution in [0.15, 0.2) is 30.9 Å². The molecule has 0 unspecified atom stereocenters. The van der Waals surface area contributed by atoms with Gasteiger partial charge in [-0.15, -0.1) is 21.5 Å². The molecule has 2 aromatic heterocycles. The van der Waals surface area contributed by atoms with Gasteiger partial charge in [0, 0.05) is 10.1 Å². The number of rotatable bonds is 5. The molecule has 3 N–H and O–H groups in total. The van der Waals surface area contributed by atoms with Gasteiger partial charge in [0.2, 0.25) is 5.82 Å². The molecule has 3 aromatic rings. The van der Waals surface area contributed by atoms with E-state index in [1.165, 1.54) is 11.3 Å². The molecule has 0 spiro atoms. The summed E-state index contributed by atoms with van der Waals surface area (Å²) in [4.78, 5) is 12.1. The molecule has 1 aromatic carbocycles. The highest BCUT2D eigenvalue weighted by Crippen LogP contribution is 2.41. The predicted molar refractivity (Wildman–Crippen MR) is 79.2 cm³/mol. The molecule has 0 radical (unpaired) electrons. The molecule has 0 fully saturated rings. The number of aromatic amines is 1. The number of carbonyl (C=O) groups excluding carboxylic acids is 1. The average molecular weight is 301 g/mol. The minimum absolute atomic E-state index is 0.310. The number of amides is 1. The molecular weight excluding hydrogens is 290 g/mol. The smallest absolute Gasteiger partial charge is 0.259 e. The fraction of sp³-hybridized carbons (Fsp3) is 0.0769. The molecule has 106 valence electrons. The van der Waals surface area contributed by atoms with Gasteiger partial charge in [-0.05, 0) is 17.3 Å². The summed E-state index contributed by atoms with van der Waals surface area (Å²) >= 11 is 1.28. The van der Waals surface area contributed by atoms with Gasteiger partial charge in [-0.2, -0.15) is 5.21 Å². The molecule has 7 nitrogen and oxygen atoms in total. The molecule has 0 saturated heterocycles. The number of benzene rings is 1. The Morgan fingerprint density at radius 1 is 1.52 bits per heavy atom. The van der Waals surface area contributed by atoms with Crippen molar-refractivity contribution in [3.05, 3.63) is 35.7 Å². The van der Waals surface area contributed by atoms with E-state index in [1.807, 2.05) is 18.2 Å².